The van der Waals surface area contributed by atoms with Crippen LogP contribution in [0.1, 0.15) is 110 Å². The largest absolute Gasteiger partial charge is 0.447 e. The number of imide groups is 2. The van der Waals surface area contributed by atoms with Gasteiger partial charge in [-0.2, -0.15) is 5.48 Å². The lowest BCUT2D eigenvalue weighted by Crippen LogP contribution is -2.54. The van der Waals surface area contributed by atoms with Crippen LogP contribution in [0.3, 0.4) is 0 Å². The first-order chi connectivity index (χ1) is 60.5. The molecular weight excluding hydrogens is 1740 g/mol. The molecule has 16 amide bonds. The highest BCUT2D eigenvalue weighted by Crippen LogP contribution is 2.44. The minimum atomic E-state index is -1.07. The van der Waals surface area contributed by atoms with Gasteiger partial charge in [0.25, 0.3) is 23.6 Å². The third-order valence-electron chi connectivity index (χ3n) is 17.3. The topological polar surface area (TPSA) is 589 Å². The number of benzene rings is 3. The van der Waals surface area contributed by atoms with Crippen molar-refractivity contribution in [3.05, 3.63) is 95.1 Å². The predicted octanol–water partition coefficient (Wildman–Crippen LogP) is -0.294. The maximum atomic E-state index is 13.2. The number of nitrogens with zero attached hydrogens (tertiary/aromatic N) is 2. The SMILES string of the molecule is C.CCSSC[C@H](NC(=O)[C@H](CCCCNC(=O)CON1C(=O)c2ccccc2C1=O)NC(=O)COCCOCCNC(=O)COCCOCCNC(=O)ON1C(=O)CCC1=O)C(N)=O.CCSSC[C@H](NC(=O)[C@H](CCCCNC(=O)CONC(=O)OCC1c2ccccc2-c2ccccc21)NC(=O)COCCOCCNC(=O)COCCOCCN)C(N)=O. The van der Waals surface area contributed by atoms with Crippen LogP contribution in [-0.4, -0.2) is 317 Å². The van der Waals surface area contributed by atoms with E-state index in [1.807, 2.05) is 62.4 Å². The Balaban J connectivity index is 0.000000525. The molecule has 0 aromatic heterocycles. The summed E-state index contributed by atoms with van der Waals surface area (Å²) in [7, 11) is 5.75. The minimum absolute atomic E-state index is 0. The summed E-state index contributed by atoms with van der Waals surface area (Å²) in [5.41, 5.74) is 23.2. The van der Waals surface area contributed by atoms with Gasteiger partial charge in [0.15, 0.2) is 13.2 Å². The van der Waals surface area contributed by atoms with Crippen LogP contribution in [0, 0.1) is 0 Å². The van der Waals surface area contributed by atoms with E-state index in [0.29, 0.717) is 55.6 Å². The van der Waals surface area contributed by atoms with Crippen LogP contribution in [0.5, 0.6) is 0 Å². The molecule has 4 atom stereocenters. The van der Waals surface area contributed by atoms with Crippen molar-refractivity contribution in [2.75, 3.05) is 188 Å². The molecule has 3 aromatic carbocycles. The monoisotopic (exact) mass is 1850 g/mol. The number of nitrogens with one attached hydrogen (secondary N) is 10. The van der Waals surface area contributed by atoms with Crippen LogP contribution >= 0.6 is 43.2 Å². The summed E-state index contributed by atoms with van der Waals surface area (Å²) >= 11 is 0. The van der Waals surface area contributed by atoms with Crippen LogP contribution in [0.4, 0.5) is 9.59 Å². The number of hydrogen-bond donors (Lipinski definition) is 13. The van der Waals surface area contributed by atoms with Crippen LogP contribution in [0.2, 0.25) is 0 Å². The molecule has 47 heteroatoms. The number of carbonyl (C=O) groups excluding carboxylic acids is 16. The Morgan fingerprint density at radius 1 is 0.413 bits per heavy atom. The Morgan fingerprint density at radius 2 is 0.794 bits per heavy atom. The summed E-state index contributed by atoms with van der Waals surface area (Å²) < 4.78 is 47.8. The molecule has 126 heavy (non-hydrogen) atoms. The maximum Gasteiger partial charge on any atom is 0.432 e. The van der Waals surface area contributed by atoms with Crippen LogP contribution in [-0.2, 0) is 115 Å². The van der Waals surface area contributed by atoms with Gasteiger partial charge in [-0.1, -0.05) is 125 Å². The van der Waals surface area contributed by atoms with Gasteiger partial charge in [0.1, 0.15) is 57.2 Å². The number of unbranched alkanes of at least 4 members (excludes halogenated alkanes) is 2. The highest BCUT2D eigenvalue weighted by atomic mass is 33.1. The second-order valence-corrected chi connectivity index (χ2v) is 32.3. The number of ether oxygens (including phenoxy) is 9. The van der Waals surface area contributed by atoms with Crippen molar-refractivity contribution in [3.8, 4) is 11.1 Å². The highest BCUT2D eigenvalue weighted by molar-refractivity contribution is 8.77. The van der Waals surface area contributed by atoms with Crippen molar-refractivity contribution < 1.29 is 134 Å². The second-order valence-electron chi connectivity index (χ2n) is 26.7. The number of hydrogen-bond acceptors (Lipinski definition) is 33. The summed E-state index contributed by atoms with van der Waals surface area (Å²) in [6, 6.07) is 18.0. The average Bonchev–Trinajstić information content (AvgIpc) is 1.62. The van der Waals surface area contributed by atoms with Gasteiger partial charge in [-0.3, -0.25) is 76.8 Å². The fourth-order valence-corrected chi connectivity index (χ4v) is 15.0. The molecular formula is C79H117N15O28S4. The molecule has 700 valence electrons. The molecule has 43 nitrogen and oxygen atoms in total. The molecule has 16 N–H and O–H groups in total. The molecule has 0 spiro atoms. The van der Waals surface area contributed by atoms with E-state index in [9.17, 15) is 76.7 Å². The third kappa shape index (κ3) is 43.6. The molecule has 2 aliphatic heterocycles. The van der Waals surface area contributed by atoms with Crippen molar-refractivity contribution in [1.82, 2.24) is 63.5 Å². The molecule has 1 fully saturated rings. The van der Waals surface area contributed by atoms with Crippen molar-refractivity contribution in [2.45, 2.75) is 103 Å². The molecule has 2 heterocycles. The van der Waals surface area contributed by atoms with Crippen molar-refractivity contribution >= 4 is 138 Å². The molecule has 0 saturated carbocycles. The number of nitrogens with two attached hydrogens (primary N) is 3. The summed E-state index contributed by atoms with van der Waals surface area (Å²) in [5.74, 6) is -6.26. The van der Waals surface area contributed by atoms with E-state index in [0.717, 1.165) is 33.8 Å². The van der Waals surface area contributed by atoms with Crippen molar-refractivity contribution in [1.29, 1.82) is 0 Å². The van der Waals surface area contributed by atoms with Gasteiger partial charge in [-0.25, -0.2) is 9.59 Å². The summed E-state index contributed by atoms with van der Waals surface area (Å²) in [6.07, 6.45) is 0.0345. The smallest absolute Gasteiger partial charge is 0.432 e. The quantitative estimate of drug-likeness (QED) is 0.0149. The molecule has 3 aromatic rings. The van der Waals surface area contributed by atoms with Gasteiger partial charge in [0.2, 0.25) is 59.1 Å². The molecule has 1 saturated heterocycles. The third-order valence-corrected chi connectivity index (χ3v) is 22.3. The molecule has 6 rings (SSSR count). The minimum Gasteiger partial charge on any atom is -0.447 e. The van der Waals surface area contributed by atoms with E-state index in [1.54, 1.807) is 12.1 Å². The van der Waals surface area contributed by atoms with E-state index in [-0.39, 0.29) is 193 Å². The number of primary amides is 2. The zero-order valence-corrected chi connectivity index (χ0v) is 72.9. The lowest BCUT2D eigenvalue weighted by Gasteiger charge is -2.22. The standard InChI is InChI=1S/C40H59N7O12S2.C38H54N8O16S2.CH4/c1-2-60-61-27-34(38(42)51)46-39(52)33(45-37(50)25-57-22-20-55-18-16-44-35(48)24-56-21-19-54-17-14-41)13-7-8-15-43-36(49)26-59-47-40(53)58-23-32-30-11-5-3-9-28(30)29-10-4-6-12-31(29)32;1-2-63-64-24-28(34(39)52)44-35(53)27(9-5-6-12-40-30(48)23-61-46-36(54)25-7-3-4-8-26(25)37(46)55)43-31(49)22-60-20-18-57-15-13-41-29(47)21-59-19-17-58-16-14-42-38(56)62-45-32(50)10-11-33(45)51;/h3-6,9-12,32-34H,2,7-8,13-27,41H2,1H3,(H2,42,51)(H,43,49)(H,44,48)(H,45,50)(H,46,52)(H,47,53);3-4,7-8,27-28H,2,5-6,9-24H2,1H3,(H2,39,52)(H,40,48)(H,41,47)(H,42,56)(H,43,49)(H,44,53);1H4/t33-,34-;27-,28-;/m00./s1. The molecule has 0 unspecified atom stereocenters. The van der Waals surface area contributed by atoms with Gasteiger partial charge >= 0.3 is 12.2 Å². The summed E-state index contributed by atoms with van der Waals surface area (Å²) in [6.45, 7) is 5.09. The Hall–Kier alpha value is -9.86. The average molecular weight is 1850 g/mol. The summed E-state index contributed by atoms with van der Waals surface area (Å²) in [4.78, 5) is 211. The predicted molar refractivity (Wildman–Crippen MR) is 462 cm³/mol. The summed E-state index contributed by atoms with van der Waals surface area (Å²) in [5, 5.41) is 24.3. The molecule has 0 bridgehead atoms. The number of carbonyl (C=O) groups is 16. The first-order valence-electron chi connectivity index (χ1n) is 40.3. The highest BCUT2D eigenvalue weighted by Gasteiger charge is 2.38. The Kier molecular flexibility index (Phi) is 55.8. The van der Waals surface area contributed by atoms with Crippen LogP contribution in [0.25, 0.3) is 11.1 Å². The fraction of sp³-hybridized carbons (Fsp3) is 0.570. The van der Waals surface area contributed by atoms with Gasteiger partial charge in [0.05, 0.1) is 90.4 Å². The van der Waals surface area contributed by atoms with E-state index < -0.39 is 133 Å². The maximum absolute atomic E-state index is 13.2. The Labute approximate surface area is 745 Å². The molecule has 0 radical (unpaired) electrons. The van der Waals surface area contributed by atoms with Crippen molar-refractivity contribution in [3.63, 3.8) is 0 Å². The van der Waals surface area contributed by atoms with Crippen molar-refractivity contribution in [2.24, 2.45) is 17.2 Å². The zero-order chi connectivity index (χ0) is 90.8. The van der Waals surface area contributed by atoms with Gasteiger partial charge in [0, 0.05) is 81.0 Å². The number of hydroxylamine groups is 5. The van der Waals surface area contributed by atoms with Gasteiger partial charge < -0.3 is 113 Å². The second kappa shape index (κ2) is 64.8. The van der Waals surface area contributed by atoms with E-state index in [4.69, 9.17) is 69.5 Å². The Morgan fingerprint density at radius 3 is 1.22 bits per heavy atom. The number of rotatable bonds is 66. The lowest BCUT2D eigenvalue weighted by atomic mass is 9.98. The van der Waals surface area contributed by atoms with Gasteiger partial charge in [-0.15, -0.1) is 10.1 Å². The van der Waals surface area contributed by atoms with Gasteiger partial charge in [-0.05, 0) is 72.9 Å². The van der Waals surface area contributed by atoms with E-state index >= 15 is 0 Å². The number of fused-ring (bicyclic) bond motifs is 4. The number of amides is 16. The molecule has 3 aliphatic rings. The fourth-order valence-electron chi connectivity index (χ4n) is 11.3. The van der Waals surface area contributed by atoms with Crippen LogP contribution < -0.4 is 70.5 Å². The first-order valence-corrected chi connectivity index (χ1v) is 45.2. The van der Waals surface area contributed by atoms with Crippen LogP contribution in [0.15, 0.2) is 72.8 Å². The zero-order valence-electron chi connectivity index (χ0n) is 69.7. The first kappa shape index (κ1) is 108. The van der Waals surface area contributed by atoms with E-state index in [1.165, 1.54) is 55.3 Å². The lowest BCUT2D eigenvalue weighted by molar-refractivity contribution is -0.171. The normalized spacial score (nSPS) is 13.4. The Bertz CT molecular complexity index is 3860. The van der Waals surface area contributed by atoms with E-state index in [2.05, 4.69) is 58.2 Å². The molecule has 1 aliphatic carbocycles.